The Labute approximate surface area is 135 Å². The van der Waals surface area contributed by atoms with Gasteiger partial charge in [-0.25, -0.2) is 0 Å². The van der Waals surface area contributed by atoms with Crippen molar-refractivity contribution in [1.29, 1.82) is 0 Å². The molecule has 0 heterocycles. The second-order valence-corrected chi connectivity index (χ2v) is 5.01. The molecule has 0 aliphatic rings. The number of carbonyl (C=O) groups excluding carboxylic acids is 2. The van der Waals surface area contributed by atoms with E-state index in [0.717, 1.165) is 0 Å². The standard InChI is InChI=1S/C13H22Cl2O6/c1-3-10(13(15)17)11(8-12(14)16)21-9-20-7-6-19-5-4-18-2/h10-11H,3-9H2,1-2H3/t10?,11-/m1/s1. The number of ether oxygens (including phenoxy) is 4. The van der Waals surface area contributed by atoms with E-state index in [0.29, 0.717) is 32.8 Å². The maximum absolute atomic E-state index is 11.3. The lowest BCUT2D eigenvalue weighted by molar-refractivity contribution is -0.138. The van der Waals surface area contributed by atoms with Crippen LogP contribution in [0.2, 0.25) is 0 Å². The van der Waals surface area contributed by atoms with Crippen molar-refractivity contribution in [1.82, 2.24) is 0 Å². The number of hydrogen-bond donors (Lipinski definition) is 0. The summed E-state index contributed by atoms with van der Waals surface area (Å²) >= 11 is 10.8. The van der Waals surface area contributed by atoms with Crippen molar-refractivity contribution in [3.8, 4) is 0 Å². The summed E-state index contributed by atoms with van der Waals surface area (Å²) in [4.78, 5) is 22.3. The molecular weight excluding hydrogens is 323 g/mol. The fourth-order valence-corrected chi connectivity index (χ4v) is 2.05. The lowest BCUT2D eigenvalue weighted by Gasteiger charge is -2.22. The minimum Gasteiger partial charge on any atom is -0.382 e. The van der Waals surface area contributed by atoms with Gasteiger partial charge in [0, 0.05) is 13.5 Å². The quantitative estimate of drug-likeness (QED) is 0.272. The third-order valence-corrected chi connectivity index (χ3v) is 3.15. The van der Waals surface area contributed by atoms with Crippen molar-refractivity contribution >= 4 is 33.7 Å². The molecule has 0 aromatic carbocycles. The summed E-state index contributed by atoms with van der Waals surface area (Å²) in [5, 5.41) is -1.14. The topological polar surface area (TPSA) is 71.1 Å². The zero-order valence-corrected chi connectivity index (χ0v) is 13.8. The molecule has 0 saturated heterocycles. The zero-order chi connectivity index (χ0) is 16.1. The Bertz CT molecular complexity index is 300. The van der Waals surface area contributed by atoms with Gasteiger partial charge in [0.25, 0.3) is 0 Å². The summed E-state index contributed by atoms with van der Waals surface area (Å²) in [6, 6.07) is 0. The van der Waals surface area contributed by atoms with Crippen molar-refractivity contribution in [3.63, 3.8) is 0 Å². The van der Waals surface area contributed by atoms with E-state index >= 15 is 0 Å². The molecule has 0 radical (unpaired) electrons. The van der Waals surface area contributed by atoms with Gasteiger partial charge in [-0.3, -0.25) is 9.59 Å². The van der Waals surface area contributed by atoms with E-state index in [1.807, 2.05) is 0 Å². The van der Waals surface area contributed by atoms with Crippen LogP contribution in [0.25, 0.3) is 0 Å². The Morgan fingerprint density at radius 2 is 1.67 bits per heavy atom. The summed E-state index contributed by atoms with van der Waals surface area (Å²) < 4.78 is 20.6. The van der Waals surface area contributed by atoms with Gasteiger partial charge in [-0.1, -0.05) is 6.92 Å². The Kier molecular flexibility index (Phi) is 13.3. The molecule has 0 rings (SSSR count). The fourth-order valence-electron chi connectivity index (χ4n) is 1.60. The van der Waals surface area contributed by atoms with Gasteiger partial charge in [-0.2, -0.15) is 0 Å². The first-order valence-electron chi connectivity index (χ1n) is 6.66. The van der Waals surface area contributed by atoms with E-state index in [9.17, 15) is 9.59 Å². The van der Waals surface area contributed by atoms with Gasteiger partial charge < -0.3 is 18.9 Å². The summed E-state index contributed by atoms with van der Waals surface area (Å²) in [6.45, 7) is 3.46. The molecule has 0 fully saturated rings. The lowest BCUT2D eigenvalue weighted by Crippen LogP contribution is -2.30. The molecule has 0 bridgehead atoms. The van der Waals surface area contributed by atoms with Crippen LogP contribution in [0.1, 0.15) is 19.8 Å². The Hall–Kier alpha value is -0.240. The van der Waals surface area contributed by atoms with E-state index in [1.54, 1.807) is 14.0 Å². The van der Waals surface area contributed by atoms with Crippen LogP contribution in [-0.4, -0.2) is 56.9 Å². The number of methoxy groups -OCH3 is 1. The fraction of sp³-hybridized carbons (Fsp3) is 0.846. The lowest BCUT2D eigenvalue weighted by atomic mass is 9.99. The van der Waals surface area contributed by atoms with Crippen molar-refractivity contribution in [3.05, 3.63) is 0 Å². The van der Waals surface area contributed by atoms with Gasteiger partial charge >= 0.3 is 0 Å². The first-order chi connectivity index (χ1) is 10.0. The molecule has 21 heavy (non-hydrogen) atoms. The van der Waals surface area contributed by atoms with Gasteiger partial charge in [0.1, 0.15) is 6.79 Å². The highest BCUT2D eigenvalue weighted by Crippen LogP contribution is 2.20. The molecule has 0 N–H and O–H groups in total. The number of halogens is 2. The maximum atomic E-state index is 11.3. The summed E-state index contributed by atoms with van der Waals surface area (Å²) in [7, 11) is 1.59. The molecule has 0 aromatic heterocycles. The van der Waals surface area contributed by atoms with Gasteiger partial charge in [-0.15, -0.1) is 0 Å². The monoisotopic (exact) mass is 344 g/mol. The van der Waals surface area contributed by atoms with Crippen LogP contribution < -0.4 is 0 Å². The van der Waals surface area contributed by atoms with Crippen LogP contribution in [0.15, 0.2) is 0 Å². The number of carbonyl (C=O) groups is 2. The predicted octanol–water partition coefficient (Wildman–Crippen LogP) is 1.96. The minimum absolute atomic E-state index is 0.0663. The molecular formula is C13H22Cl2O6. The zero-order valence-electron chi connectivity index (χ0n) is 12.3. The van der Waals surface area contributed by atoms with Gasteiger partial charge in [0.05, 0.1) is 38.4 Å². The number of rotatable bonds is 14. The third-order valence-electron chi connectivity index (χ3n) is 2.71. The SMILES string of the molecule is CCC(C(=O)Cl)[C@@H](CC(=O)Cl)OCOCCOCCOC. The Morgan fingerprint density at radius 3 is 2.19 bits per heavy atom. The van der Waals surface area contributed by atoms with Crippen LogP contribution in [0.4, 0.5) is 0 Å². The summed E-state index contributed by atoms with van der Waals surface area (Å²) in [6.07, 6.45) is -0.317. The highest BCUT2D eigenvalue weighted by atomic mass is 35.5. The van der Waals surface area contributed by atoms with Crippen molar-refractivity contribution < 1.29 is 28.5 Å². The van der Waals surface area contributed by atoms with E-state index in [2.05, 4.69) is 0 Å². The highest BCUT2D eigenvalue weighted by Gasteiger charge is 2.28. The molecule has 0 aliphatic heterocycles. The average molecular weight is 345 g/mol. The molecule has 0 spiro atoms. The van der Waals surface area contributed by atoms with E-state index in [4.69, 9.17) is 42.1 Å². The largest absolute Gasteiger partial charge is 0.382 e. The molecule has 8 heteroatoms. The van der Waals surface area contributed by atoms with Crippen molar-refractivity contribution in [2.75, 3.05) is 40.3 Å². The summed E-state index contributed by atoms with van der Waals surface area (Å²) in [5.74, 6) is -0.587. The molecule has 2 atom stereocenters. The Balaban J connectivity index is 3.96. The van der Waals surface area contributed by atoms with E-state index < -0.39 is 22.5 Å². The molecule has 0 aromatic rings. The van der Waals surface area contributed by atoms with E-state index in [1.165, 1.54) is 0 Å². The van der Waals surface area contributed by atoms with Crippen molar-refractivity contribution in [2.24, 2.45) is 5.92 Å². The predicted molar refractivity (Wildman–Crippen MR) is 78.5 cm³/mol. The summed E-state index contributed by atoms with van der Waals surface area (Å²) in [5.41, 5.74) is 0. The molecule has 0 aliphatic carbocycles. The van der Waals surface area contributed by atoms with Crippen LogP contribution in [0.3, 0.4) is 0 Å². The van der Waals surface area contributed by atoms with Gasteiger partial charge in [0.15, 0.2) is 0 Å². The molecule has 6 nitrogen and oxygen atoms in total. The molecule has 124 valence electrons. The van der Waals surface area contributed by atoms with Crippen LogP contribution >= 0.6 is 23.2 Å². The van der Waals surface area contributed by atoms with Crippen LogP contribution in [0.5, 0.6) is 0 Å². The number of hydrogen-bond acceptors (Lipinski definition) is 6. The third kappa shape index (κ3) is 11.0. The normalized spacial score (nSPS) is 13.9. The minimum atomic E-state index is -0.681. The molecule has 0 saturated carbocycles. The second-order valence-electron chi connectivity index (χ2n) is 4.21. The van der Waals surface area contributed by atoms with E-state index in [-0.39, 0.29) is 13.2 Å². The van der Waals surface area contributed by atoms with Gasteiger partial charge in [0.2, 0.25) is 10.5 Å². The molecule has 0 amide bonds. The molecule has 1 unspecified atom stereocenters. The van der Waals surface area contributed by atoms with Crippen LogP contribution in [0, 0.1) is 5.92 Å². The average Bonchev–Trinajstić information content (AvgIpc) is 2.41. The first kappa shape index (κ1) is 20.8. The smallest absolute Gasteiger partial charge is 0.227 e. The highest BCUT2D eigenvalue weighted by molar-refractivity contribution is 6.64. The Morgan fingerprint density at radius 1 is 1.05 bits per heavy atom. The van der Waals surface area contributed by atoms with Crippen LogP contribution in [-0.2, 0) is 28.5 Å². The second kappa shape index (κ2) is 13.4. The van der Waals surface area contributed by atoms with Crippen molar-refractivity contribution in [2.45, 2.75) is 25.9 Å². The first-order valence-corrected chi connectivity index (χ1v) is 7.42. The maximum Gasteiger partial charge on any atom is 0.227 e. The van der Waals surface area contributed by atoms with Gasteiger partial charge in [-0.05, 0) is 29.6 Å².